The number of aromatic nitrogens is 1. The lowest BCUT2D eigenvalue weighted by Gasteiger charge is -2.10. The lowest BCUT2D eigenvalue weighted by atomic mass is 10.1. The summed E-state index contributed by atoms with van der Waals surface area (Å²) in [5, 5.41) is 9.18. The highest BCUT2D eigenvalue weighted by molar-refractivity contribution is 5.93. The highest BCUT2D eigenvalue weighted by Gasteiger charge is 2.25. The quantitative estimate of drug-likeness (QED) is 0.767. The average Bonchev–Trinajstić information content (AvgIpc) is 2.19. The Morgan fingerprint density at radius 2 is 2.20 bits per heavy atom. The Hall–Kier alpha value is -1.72. The Balaban J connectivity index is 3.45. The van der Waals surface area contributed by atoms with Gasteiger partial charge in [-0.3, -0.25) is 4.98 Å². The van der Waals surface area contributed by atoms with E-state index in [4.69, 9.17) is 0 Å². The fourth-order valence-electron chi connectivity index (χ4n) is 1.20. The topological polar surface area (TPSA) is 59.4 Å². The van der Waals surface area contributed by atoms with Gasteiger partial charge in [0.2, 0.25) is 0 Å². The van der Waals surface area contributed by atoms with Gasteiger partial charge in [0.15, 0.2) is 0 Å². The molecule has 0 saturated heterocycles. The number of alkyl halides is 2. The predicted molar refractivity (Wildman–Crippen MR) is 46.9 cm³/mol. The second-order valence-corrected chi connectivity index (χ2v) is 2.81. The zero-order chi connectivity index (χ0) is 11.6. The number of aromatic hydroxyl groups is 1. The monoisotopic (exact) mass is 217 g/mol. The summed E-state index contributed by atoms with van der Waals surface area (Å²) in [6.07, 6.45) is -2.08. The summed E-state index contributed by atoms with van der Waals surface area (Å²) < 4.78 is 29.5. The lowest BCUT2D eigenvalue weighted by molar-refractivity contribution is 0.0586. The van der Waals surface area contributed by atoms with Crippen LogP contribution in [0.4, 0.5) is 8.78 Å². The van der Waals surface area contributed by atoms with Crippen LogP contribution in [-0.2, 0) is 4.74 Å². The van der Waals surface area contributed by atoms with Crippen LogP contribution < -0.4 is 0 Å². The summed E-state index contributed by atoms with van der Waals surface area (Å²) in [7, 11) is 1.07. The number of methoxy groups -OCH3 is 1. The molecule has 0 aliphatic carbocycles. The lowest BCUT2D eigenvalue weighted by Crippen LogP contribution is -2.10. The zero-order valence-corrected chi connectivity index (χ0v) is 8.12. The highest BCUT2D eigenvalue weighted by Crippen LogP contribution is 2.32. The maximum Gasteiger partial charge on any atom is 0.340 e. The molecule has 1 rings (SSSR count). The first-order chi connectivity index (χ1) is 6.99. The maximum absolute atomic E-state index is 12.6. The van der Waals surface area contributed by atoms with Crippen molar-refractivity contribution in [2.45, 2.75) is 13.3 Å². The van der Waals surface area contributed by atoms with Crippen LogP contribution >= 0.6 is 0 Å². The molecule has 0 amide bonds. The van der Waals surface area contributed by atoms with E-state index >= 15 is 0 Å². The number of hydrogen-bond acceptors (Lipinski definition) is 4. The molecule has 0 saturated carbocycles. The van der Waals surface area contributed by atoms with E-state index in [1.54, 1.807) is 0 Å². The summed E-state index contributed by atoms with van der Waals surface area (Å²) in [6.45, 7) is 1.39. The van der Waals surface area contributed by atoms with Crippen molar-refractivity contribution < 1.29 is 23.4 Å². The number of rotatable bonds is 2. The average molecular weight is 217 g/mol. The molecule has 1 heterocycles. The van der Waals surface area contributed by atoms with Gasteiger partial charge in [-0.05, 0) is 6.92 Å². The smallest absolute Gasteiger partial charge is 0.340 e. The molecule has 0 radical (unpaired) electrons. The van der Waals surface area contributed by atoms with E-state index in [-0.39, 0.29) is 11.3 Å². The fourth-order valence-corrected chi connectivity index (χ4v) is 1.20. The number of nitrogens with zero attached hydrogens (tertiary/aromatic N) is 1. The largest absolute Gasteiger partial charge is 0.506 e. The molecular formula is C9H9F2NO3. The van der Waals surface area contributed by atoms with Gasteiger partial charge in [-0.2, -0.15) is 0 Å². The van der Waals surface area contributed by atoms with Gasteiger partial charge in [0.05, 0.1) is 30.1 Å². The van der Waals surface area contributed by atoms with Crippen LogP contribution in [0.2, 0.25) is 0 Å². The fraction of sp³-hybridized carbons (Fsp3) is 0.333. The molecule has 82 valence electrons. The van der Waals surface area contributed by atoms with Gasteiger partial charge in [-0.25, -0.2) is 13.6 Å². The molecule has 0 bridgehead atoms. The highest BCUT2D eigenvalue weighted by atomic mass is 19.3. The Labute approximate surface area is 84.5 Å². The molecule has 0 aliphatic rings. The van der Waals surface area contributed by atoms with E-state index < -0.39 is 23.7 Å². The number of carbonyl (C=O) groups excluding carboxylic acids is 1. The summed E-state index contributed by atoms with van der Waals surface area (Å²) in [6, 6.07) is 0. The molecule has 6 heteroatoms. The van der Waals surface area contributed by atoms with Gasteiger partial charge in [0.25, 0.3) is 6.43 Å². The van der Waals surface area contributed by atoms with Crippen molar-refractivity contribution in [2.24, 2.45) is 0 Å². The second kappa shape index (κ2) is 4.20. The minimum absolute atomic E-state index is 0.0925. The normalized spacial score (nSPS) is 10.5. The molecule has 1 N–H and O–H groups in total. The van der Waals surface area contributed by atoms with Crippen LogP contribution in [0, 0.1) is 6.92 Å². The van der Waals surface area contributed by atoms with E-state index in [0.29, 0.717) is 0 Å². The minimum Gasteiger partial charge on any atom is -0.506 e. The first-order valence-electron chi connectivity index (χ1n) is 4.04. The van der Waals surface area contributed by atoms with Crippen LogP contribution in [0.25, 0.3) is 0 Å². The van der Waals surface area contributed by atoms with Crippen molar-refractivity contribution in [2.75, 3.05) is 7.11 Å². The van der Waals surface area contributed by atoms with Gasteiger partial charge >= 0.3 is 5.97 Å². The number of aryl methyl sites for hydroxylation is 1. The van der Waals surface area contributed by atoms with Crippen LogP contribution in [-0.4, -0.2) is 23.2 Å². The SMILES string of the molecule is COC(=O)c1c(C)ncc(O)c1C(F)F. The van der Waals surface area contributed by atoms with Crippen molar-refractivity contribution in [3.63, 3.8) is 0 Å². The maximum atomic E-state index is 12.6. The molecule has 1 aromatic rings. The van der Waals surface area contributed by atoms with Crippen LogP contribution in [0.3, 0.4) is 0 Å². The Kier molecular flexibility index (Phi) is 3.18. The van der Waals surface area contributed by atoms with Crippen molar-refractivity contribution in [1.29, 1.82) is 0 Å². The third-order valence-electron chi connectivity index (χ3n) is 1.90. The van der Waals surface area contributed by atoms with Gasteiger partial charge in [0, 0.05) is 0 Å². The number of hydrogen-bond donors (Lipinski definition) is 1. The molecule has 0 unspecified atom stereocenters. The van der Waals surface area contributed by atoms with Crippen molar-refractivity contribution in [1.82, 2.24) is 4.98 Å². The first kappa shape index (κ1) is 11.4. The van der Waals surface area contributed by atoms with E-state index in [0.717, 1.165) is 13.3 Å². The van der Waals surface area contributed by atoms with Crippen molar-refractivity contribution in [3.05, 3.63) is 23.0 Å². The van der Waals surface area contributed by atoms with Crippen LogP contribution in [0.1, 0.15) is 28.0 Å². The van der Waals surface area contributed by atoms with Crippen molar-refractivity contribution in [3.8, 4) is 5.75 Å². The zero-order valence-electron chi connectivity index (χ0n) is 8.12. The molecule has 0 spiro atoms. The van der Waals surface area contributed by atoms with Gasteiger partial charge in [-0.15, -0.1) is 0 Å². The third kappa shape index (κ3) is 2.03. The minimum atomic E-state index is -2.96. The Morgan fingerprint density at radius 3 is 2.67 bits per heavy atom. The first-order valence-corrected chi connectivity index (χ1v) is 4.04. The Bertz CT molecular complexity index is 393. The molecule has 15 heavy (non-hydrogen) atoms. The van der Waals surface area contributed by atoms with Crippen LogP contribution in [0.15, 0.2) is 6.20 Å². The van der Waals surface area contributed by atoms with Crippen LogP contribution in [0.5, 0.6) is 5.75 Å². The van der Waals surface area contributed by atoms with Gasteiger partial charge in [0.1, 0.15) is 5.75 Å². The molecule has 0 aliphatic heterocycles. The van der Waals surface area contributed by atoms with E-state index in [2.05, 4.69) is 9.72 Å². The third-order valence-corrected chi connectivity index (χ3v) is 1.90. The molecular weight excluding hydrogens is 208 g/mol. The number of carbonyl (C=O) groups is 1. The number of pyridine rings is 1. The predicted octanol–water partition coefficient (Wildman–Crippen LogP) is 1.82. The van der Waals surface area contributed by atoms with E-state index in [1.165, 1.54) is 6.92 Å². The summed E-state index contributed by atoms with van der Waals surface area (Å²) in [5.41, 5.74) is -1.03. The van der Waals surface area contributed by atoms with E-state index in [1.807, 2.05) is 0 Å². The molecule has 0 aromatic carbocycles. The summed E-state index contributed by atoms with van der Waals surface area (Å²) in [4.78, 5) is 14.8. The number of halogens is 2. The molecule has 4 nitrogen and oxygen atoms in total. The molecule has 0 atom stereocenters. The van der Waals surface area contributed by atoms with Crippen molar-refractivity contribution >= 4 is 5.97 Å². The number of ether oxygens (including phenoxy) is 1. The standard InChI is InChI=1S/C9H9F2NO3/c1-4-6(9(14)15-2)7(8(10)11)5(13)3-12-4/h3,8,13H,1-2H3. The van der Waals surface area contributed by atoms with Gasteiger partial charge in [-0.1, -0.05) is 0 Å². The Morgan fingerprint density at radius 1 is 1.60 bits per heavy atom. The summed E-state index contributed by atoms with van der Waals surface area (Å²) >= 11 is 0. The second-order valence-electron chi connectivity index (χ2n) is 2.81. The van der Waals surface area contributed by atoms with E-state index in [9.17, 15) is 18.7 Å². The van der Waals surface area contributed by atoms with Gasteiger partial charge < -0.3 is 9.84 Å². The summed E-state index contributed by atoms with van der Waals surface area (Å²) in [5.74, 6) is -1.65. The molecule has 1 aromatic heterocycles. The number of esters is 1. The molecule has 0 fully saturated rings.